The summed E-state index contributed by atoms with van der Waals surface area (Å²) in [6.45, 7) is 2.20. The lowest BCUT2D eigenvalue weighted by Gasteiger charge is -2.13. The van der Waals surface area contributed by atoms with E-state index >= 15 is 0 Å². The molecule has 0 bridgehead atoms. The lowest BCUT2D eigenvalue weighted by Crippen LogP contribution is -2.12. The van der Waals surface area contributed by atoms with Crippen molar-refractivity contribution in [1.82, 2.24) is 0 Å². The zero-order chi connectivity index (χ0) is 15.0. The van der Waals surface area contributed by atoms with Crippen LogP contribution < -0.4 is 5.73 Å². The molecule has 0 aliphatic heterocycles. The minimum absolute atomic E-state index is 0.141. The van der Waals surface area contributed by atoms with Gasteiger partial charge in [-0.2, -0.15) is 0 Å². The molecule has 1 nitrogen and oxygen atoms in total. The highest BCUT2D eigenvalue weighted by Gasteiger charge is 2.14. The quantitative estimate of drug-likeness (QED) is 0.438. The van der Waals surface area contributed by atoms with Gasteiger partial charge in [0.1, 0.15) is 11.6 Å². The topological polar surface area (TPSA) is 26.0 Å². The third-order valence-electron chi connectivity index (χ3n) is 3.56. The van der Waals surface area contributed by atoms with Gasteiger partial charge in [0, 0.05) is 11.6 Å². The average molecular weight is 348 g/mol. The Kier molecular flexibility index (Phi) is 8.31. The van der Waals surface area contributed by atoms with E-state index in [2.05, 4.69) is 22.9 Å². The number of hydrogen-bond acceptors (Lipinski definition) is 1. The highest BCUT2D eigenvalue weighted by molar-refractivity contribution is 9.10. The summed E-state index contributed by atoms with van der Waals surface area (Å²) in [4.78, 5) is 0. The van der Waals surface area contributed by atoms with Crippen LogP contribution in [0.4, 0.5) is 8.78 Å². The van der Waals surface area contributed by atoms with Crippen molar-refractivity contribution in [2.24, 2.45) is 5.73 Å². The van der Waals surface area contributed by atoms with Crippen LogP contribution in [-0.2, 0) is 0 Å². The van der Waals surface area contributed by atoms with E-state index in [1.165, 1.54) is 38.2 Å². The first-order valence-electron chi connectivity index (χ1n) is 7.46. The normalized spacial score (nSPS) is 12.7. The lowest BCUT2D eigenvalue weighted by molar-refractivity contribution is 0.513. The smallest absolute Gasteiger partial charge is 0.137 e. The van der Waals surface area contributed by atoms with Gasteiger partial charge in [-0.1, -0.05) is 51.9 Å². The molecule has 0 fully saturated rings. The van der Waals surface area contributed by atoms with Gasteiger partial charge >= 0.3 is 0 Å². The second-order valence-corrected chi connectivity index (χ2v) is 6.16. The third-order valence-corrected chi connectivity index (χ3v) is 4.17. The summed E-state index contributed by atoms with van der Waals surface area (Å²) in [6.07, 6.45) is 9.06. The van der Waals surface area contributed by atoms with Gasteiger partial charge in [-0.05, 0) is 34.5 Å². The number of halogens is 3. The maximum Gasteiger partial charge on any atom is 0.137 e. The van der Waals surface area contributed by atoms with Crippen molar-refractivity contribution in [3.63, 3.8) is 0 Å². The molecule has 20 heavy (non-hydrogen) atoms. The minimum atomic E-state index is -0.462. The predicted molar refractivity (Wildman–Crippen MR) is 83.6 cm³/mol. The van der Waals surface area contributed by atoms with Crippen molar-refractivity contribution in [2.45, 2.75) is 64.3 Å². The van der Waals surface area contributed by atoms with E-state index < -0.39 is 17.7 Å². The SMILES string of the molecule is CCCCCCCCCC(N)c1cc(F)c(Br)cc1F. The molecule has 0 radical (unpaired) electrons. The monoisotopic (exact) mass is 347 g/mol. The van der Waals surface area contributed by atoms with Crippen LogP contribution in [0.5, 0.6) is 0 Å². The number of unbranched alkanes of at least 4 members (excludes halogenated alkanes) is 6. The maximum absolute atomic E-state index is 13.7. The Balaban J connectivity index is 2.32. The first kappa shape index (κ1) is 17.6. The fourth-order valence-corrected chi connectivity index (χ4v) is 2.61. The summed E-state index contributed by atoms with van der Waals surface area (Å²) < 4.78 is 27.3. The van der Waals surface area contributed by atoms with Gasteiger partial charge in [0.25, 0.3) is 0 Å². The molecule has 1 aromatic carbocycles. The van der Waals surface area contributed by atoms with Gasteiger partial charge in [0.05, 0.1) is 4.47 Å². The van der Waals surface area contributed by atoms with E-state index in [1.54, 1.807) is 0 Å². The molecule has 0 spiro atoms. The Bertz CT molecular complexity index is 410. The van der Waals surface area contributed by atoms with Crippen LogP contribution in [-0.4, -0.2) is 0 Å². The van der Waals surface area contributed by atoms with Crippen LogP contribution in [0.3, 0.4) is 0 Å². The fourth-order valence-electron chi connectivity index (χ4n) is 2.30. The zero-order valence-corrected chi connectivity index (χ0v) is 13.7. The first-order chi connectivity index (χ1) is 9.56. The van der Waals surface area contributed by atoms with Crippen LogP contribution in [0.15, 0.2) is 16.6 Å². The molecule has 0 aliphatic rings. The van der Waals surface area contributed by atoms with Gasteiger partial charge in [-0.25, -0.2) is 8.78 Å². The second-order valence-electron chi connectivity index (χ2n) is 5.30. The molecule has 1 unspecified atom stereocenters. The molecule has 0 saturated carbocycles. The Labute approximate surface area is 129 Å². The van der Waals surface area contributed by atoms with E-state index in [-0.39, 0.29) is 10.0 Å². The fraction of sp³-hybridized carbons (Fsp3) is 0.625. The molecule has 0 aliphatic carbocycles. The van der Waals surface area contributed by atoms with E-state index in [0.29, 0.717) is 6.42 Å². The van der Waals surface area contributed by atoms with Gasteiger partial charge in [-0.15, -0.1) is 0 Å². The Morgan fingerprint density at radius 2 is 1.60 bits per heavy atom. The van der Waals surface area contributed by atoms with Crippen molar-refractivity contribution in [2.75, 3.05) is 0 Å². The van der Waals surface area contributed by atoms with Crippen molar-refractivity contribution < 1.29 is 8.78 Å². The molecule has 2 N–H and O–H groups in total. The summed E-state index contributed by atoms with van der Waals surface area (Å²) in [5, 5.41) is 0. The zero-order valence-electron chi connectivity index (χ0n) is 12.1. The molecule has 0 aromatic heterocycles. The highest BCUT2D eigenvalue weighted by Crippen LogP contribution is 2.26. The van der Waals surface area contributed by atoms with Crippen LogP contribution in [0.1, 0.15) is 69.9 Å². The van der Waals surface area contributed by atoms with Crippen LogP contribution in [0.2, 0.25) is 0 Å². The Hall–Kier alpha value is -0.480. The van der Waals surface area contributed by atoms with E-state index in [0.717, 1.165) is 18.9 Å². The van der Waals surface area contributed by atoms with E-state index in [1.807, 2.05) is 0 Å². The summed E-state index contributed by atoms with van der Waals surface area (Å²) in [7, 11) is 0. The summed E-state index contributed by atoms with van der Waals surface area (Å²) in [5.41, 5.74) is 6.23. The number of benzene rings is 1. The van der Waals surface area contributed by atoms with E-state index in [9.17, 15) is 8.78 Å². The Morgan fingerprint density at radius 3 is 2.25 bits per heavy atom. The third kappa shape index (κ3) is 5.88. The molecule has 4 heteroatoms. The maximum atomic E-state index is 13.7. The van der Waals surface area contributed by atoms with Crippen molar-refractivity contribution in [3.05, 3.63) is 33.8 Å². The molecular weight excluding hydrogens is 324 g/mol. The largest absolute Gasteiger partial charge is 0.324 e. The first-order valence-corrected chi connectivity index (χ1v) is 8.25. The number of rotatable bonds is 9. The molecule has 1 rings (SSSR count). The summed E-state index contributed by atoms with van der Waals surface area (Å²) in [5.74, 6) is -0.898. The van der Waals surface area contributed by atoms with E-state index in [4.69, 9.17) is 5.73 Å². The summed E-state index contributed by atoms with van der Waals surface area (Å²) >= 11 is 2.97. The van der Waals surface area contributed by atoms with Crippen molar-refractivity contribution in [1.29, 1.82) is 0 Å². The number of nitrogens with two attached hydrogens (primary N) is 1. The molecule has 1 atom stereocenters. The van der Waals surface area contributed by atoms with Gasteiger partial charge in [0.2, 0.25) is 0 Å². The summed E-state index contributed by atoms with van der Waals surface area (Å²) in [6, 6.07) is 1.92. The molecule has 0 amide bonds. The van der Waals surface area contributed by atoms with Crippen LogP contribution >= 0.6 is 15.9 Å². The molecule has 0 saturated heterocycles. The van der Waals surface area contributed by atoms with Crippen molar-refractivity contribution in [3.8, 4) is 0 Å². The Morgan fingerprint density at radius 1 is 1.00 bits per heavy atom. The van der Waals surface area contributed by atoms with Crippen LogP contribution in [0.25, 0.3) is 0 Å². The minimum Gasteiger partial charge on any atom is -0.324 e. The second kappa shape index (κ2) is 9.46. The van der Waals surface area contributed by atoms with Crippen molar-refractivity contribution >= 4 is 15.9 Å². The molecule has 1 aromatic rings. The average Bonchev–Trinajstić information content (AvgIpc) is 2.41. The molecular formula is C16H24BrF2N. The van der Waals surface area contributed by atoms with Gasteiger partial charge in [-0.3, -0.25) is 0 Å². The number of hydrogen-bond donors (Lipinski definition) is 1. The predicted octanol–water partition coefficient (Wildman–Crippen LogP) is 5.87. The van der Waals surface area contributed by atoms with Crippen LogP contribution in [0, 0.1) is 11.6 Å². The molecule has 114 valence electrons. The molecule has 0 heterocycles. The standard InChI is InChI=1S/C16H24BrF2N/c1-2-3-4-5-6-7-8-9-16(20)12-10-15(19)13(17)11-14(12)18/h10-11,16H,2-9,20H2,1H3. The lowest BCUT2D eigenvalue weighted by atomic mass is 9.99. The van der Waals surface area contributed by atoms with Gasteiger partial charge < -0.3 is 5.73 Å². The highest BCUT2D eigenvalue weighted by atomic mass is 79.9. The van der Waals surface area contributed by atoms with Gasteiger partial charge in [0.15, 0.2) is 0 Å².